The van der Waals surface area contributed by atoms with E-state index in [1.807, 2.05) is 12.1 Å². The van der Waals surface area contributed by atoms with Crippen molar-refractivity contribution in [1.82, 2.24) is 5.32 Å². The predicted molar refractivity (Wildman–Crippen MR) is 82.2 cm³/mol. The van der Waals surface area contributed by atoms with Crippen molar-refractivity contribution in [2.24, 2.45) is 11.8 Å². The van der Waals surface area contributed by atoms with Crippen molar-refractivity contribution in [1.29, 1.82) is 0 Å². The van der Waals surface area contributed by atoms with E-state index < -0.39 is 0 Å². The van der Waals surface area contributed by atoms with Crippen LogP contribution in [0.4, 0.5) is 0 Å². The van der Waals surface area contributed by atoms with E-state index in [-0.39, 0.29) is 5.91 Å². The van der Waals surface area contributed by atoms with Gasteiger partial charge >= 0.3 is 0 Å². The van der Waals surface area contributed by atoms with Gasteiger partial charge in [0.15, 0.2) is 0 Å². The SMILES string of the molecule is O=C(CCc1ccc(Cl)cc1Cl)NC1CC2CCC1C2. The minimum atomic E-state index is 0.147. The molecule has 0 radical (unpaired) electrons. The third-order valence-corrected chi connectivity index (χ3v) is 5.31. The van der Waals surface area contributed by atoms with E-state index in [0.717, 1.165) is 17.4 Å². The zero-order valence-corrected chi connectivity index (χ0v) is 12.9. The molecule has 3 atom stereocenters. The van der Waals surface area contributed by atoms with Gasteiger partial charge in [-0.3, -0.25) is 4.79 Å². The average Bonchev–Trinajstić information content (AvgIpc) is 3.00. The van der Waals surface area contributed by atoms with E-state index in [1.54, 1.807) is 6.07 Å². The summed E-state index contributed by atoms with van der Waals surface area (Å²) in [6, 6.07) is 5.86. The molecule has 20 heavy (non-hydrogen) atoms. The van der Waals surface area contributed by atoms with Crippen molar-refractivity contribution >= 4 is 29.1 Å². The number of hydrogen-bond acceptors (Lipinski definition) is 1. The number of carbonyl (C=O) groups excluding carboxylic acids is 1. The molecule has 2 saturated carbocycles. The van der Waals surface area contributed by atoms with Crippen LogP contribution in [0.3, 0.4) is 0 Å². The highest BCUT2D eigenvalue weighted by Crippen LogP contribution is 2.44. The minimum Gasteiger partial charge on any atom is -0.353 e. The topological polar surface area (TPSA) is 29.1 Å². The van der Waals surface area contributed by atoms with Gasteiger partial charge in [0.05, 0.1) is 0 Å². The molecule has 2 nitrogen and oxygen atoms in total. The number of halogens is 2. The number of carbonyl (C=O) groups is 1. The minimum absolute atomic E-state index is 0.147. The van der Waals surface area contributed by atoms with Gasteiger partial charge in [-0.2, -0.15) is 0 Å². The molecule has 4 heteroatoms. The van der Waals surface area contributed by atoms with Crippen LogP contribution < -0.4 is 5.32 Å². The molecule has 2 aliphatic carbocycles. The number of benzene rings is 1. The Morgan fingerprint density at radius 3 is 2.75 bits per heavy atom. The van der Waals surface area contributed by atoms with E-state index in [9.17, 15) is 4.79 Å². The lowest BCUT2D eigenvalue weighted by Crippen LogP contribution is -2.38. The zero-order chi connectivity index (χ0) is 14.1. The maximum absolute atomic E-state index is 12.0. The Labute approximate surface area is 129 Å². The summed E-state index contributed by atoms with van der Waals surface area (Å²) in [4.78, 5) is 12.0. The standard InChI is InChI=1S/C16H19Cl2NO/c17-13-5-3-11(14(18)9-13)4-6-16(20)19-15-8-10-1-2-12(15)7-10/h3,5,9-10,12,15H,1-2,4,6-8H2,(H,19,20). The molecule has 1 amide bonds. The summed E-state index contributed by atoms with van der Waals surface area (Å²) in [5.41, 5.74) is 0.985. The van der Waals surface area contributed by atoms with Crippen LogP contribution in [-0.4, -0.2) is 11.9 Å². The fourth-order valence-corrected chi connectivity index (χ4v) is 4.18. The molecule has 1 N–H and O–H groups in total. The zero-order valence-electron chi connectivity index (χ0n) is 11.4. The molecule has 0 spiro atoms. The molecule has 2 bridgehead atoms. The first-order chi connectivity index (χ1) is 9.61. The third-order valence-electron chi connectivity index (χ3n) is 4.72. The van der Waals surface area contributed by atoms with Crippen LogP contribution in [0.2, 0.25) is 10.0 Å². The van der Waals surface area contributed by atoms with Crippen LogP contribution in [0.15, 0.2) is 18.2 Å². The number of nitrogens with one attached hydrogen (secondary N) is 1. The molecule has 2 fully saturated rings. The van der Waals surface area contributed by atoms with Crippen LogP contribution in [0.25, 0.3) is 0 Å². The molecule has 0 aromatic heterocycles. The number of amides is 1. The van der Waals surface area contributed by atoms with Crippen LogP contribution in [-0.2, 0) is 11.2 Å². The van der Waals surface area contributed by atoms with Gasteiger partial charge in [-0.05, 0) is 55.2 Å². The van der Waals surface area contributed by atoms with Gasteiger partial charge in [-0.1, -0.05) is 35.7 Å². The van der Waals surface area contributed by atoms with Crippen molar-refractivity contribution in [3.63, 3.8) is 0 Å². The largest absolute Gasteiger partial charge is 0.353 e. The summed E-state index contributed by atoms with van der Waals surface area (Å²) in [6.07, 6.45) is 6.31. The first-order valence-electron chi connectivity index (χ1n) is 7.35. The molecule has 1 aromatic rings. The van der Waals surface area contributed by atoms with Gasteiger partial charge in [0.1, 0.15) is 0 Å². The lowest BCUT2D eigenvalue weighted by Gasteiger charge is -2.22. The predicted octanol–water partition coefficient (Wildman–Crippen LogP) is 4.23. The van der Waals surface area contributed by atoms with Crippen LogP contribution >= 0.6 is 23.2 Å². The molecule has 2 aliphatic rings. The molecule has 1 aromatic carbocycles. The second-order valence-corrected chi connectivity index (χ2v) is 6.93. The summed E-state index contributed by atoms with van der Waals surface area (Å²) >= 11 is 12.0. The maximum atomic E-state index is 12.0. The molecule has 108 valence electrons. The second kappa shape index (κ2) is 5.95. The van der Waals surface area contributed by atoms with Gasteiger partial charge in [0.2, 0.25) is 5.91 Å². The monoisotopic (exact) mass is 311 g/mol. The fraction of sp³-hybridized carbons (Fsp3) is 0.562. The Balaban J connectivity index is 1.49. The van der Waals surface area contributed by atoms with Crippen molar-refractivity contribution in [3.05, 3.63) is 33.8 Å². The van der Waals surface area contributed by atoms with E-state index in [4.69, 9.17) is 23.2 Å². The lowest BCUT2D eigenvalue weighted by molar-refractivity contribution is -0.122. The van der Waals surface area contributed by atoms with Crippen molar-refractivity contribution in [2.75, 3.05) is 0 Å². The highest BCUT2D eigenvalue weighted by molar-refractivity contribution is 6.35. The number of hydrogen-bond donors (Lipinski definition) is 1. The van der Waals surface area contributed by atoms with Gasteiger partial charge < -0.3 is 5.32 Å². The van der Waals surface area contributed by atoms with Crippen molar-refractivity contribution in [3.8, 4) is 0 Å². The molecule has 0 heterocycles. The Morgan fingerprint density at radius 2 is 2.10 bits per heavy atom. The fourth-order valence-electron chi connectivity index (χ4n) is 3.67. The Kier molecular flexibility index (Phi) is 4.23. The normalized spacial score (nSPS) is 27.8. The van der Waals surface area contributed by atoms with Crippen LogP contribution in [0.1, 0.15) is 37.7 Å². The number of rotatable bonds is 4. The lowest BCUT2D eigenvalue weighted by atomic mass is 9.95. The number of aryl methyl sites for hydroxylation is 1. The Morgan fingerprint density at radius 1 is 1.25 bits per heavy atom. The van der Waals surface area contributed by atoms with E-state index in [2.05, 4.69) is 5.32 Å². The summed E-state index contributed by atoms with van der Waals surface area (Å²) < 4.78 is 0. The van der Waals surface area contributed by atoms with E-state index >= 15 is 0 Å². The molecular formula is C16H19Cl2NO. The van der Waals surface area contributed by atoms with Gasteiger partial charge in [0, 0.05) is 22.5 Å². The molecule has 0 aliphatic heterocycles. The van der Waals surface area contributed by atoms with Gasteiger partial charge in [-0.25, -0.2) is 0 Å². The molecule has 0 saturated heterocycles. The van der Waals surface area contributed by atoms with Crippen LogP contribution in [0, 0.1) is 11.8 Å². The first kappa shape index (κ1) is 14.2. The van der Waals surface area contributed by atoms with Gasteiger partial charge in [0.25, 0.3) is 0 Å². The first-order valence-corrected chi connectivity index (χ1v) is 8.10. The quantitative estimate of drug-likeness (QED) is 0.885. The highest BCUT2D eigenvalue weighted by atomic mass is 35.5. The van der Waals surface area contributed by atoms with Gasteiger partial charge in [-0.15, -0.1) is 0 Å². The highest BCUT2D eigenvalue weighted by Gasteiger charge is 2.39. The van der Waals surface area contributed by atoms with Crippen molar-refractivity contribution in [2.45, 2.75) is 44.6 Å². The summed E-state index contributed by atoms with van der Waals surface area (Å²) in [7, 11) is 0. The Bertz CT molecular complexity index is 517. The second-order valence-electron chi connectivity index (χ2n) is 6.08. The molecular weight excluding hydrogens is 293 g/mol. The van der Waals surface area contributed by atoms with E-state index in [1.165, 1.54) is 25.7 Å². The van der Waals surface area contributed by atoms with E-state index in [0.29, 0.717) is 28.9 Å². The maximum Gasteiger partial charge on any atom is 0.220 e. The van der Waals surface area contributed by atoms with Crippen LogP contribution in [0.5, 0.6) is 0 Å². The molecule has 3 rings (SSSR count). The number of fused-ring (bicyclic) bond motifs is 2. The summed E-state index contributed by atoms with van der Waals surface area (Å²) in [6.45, 7) is 0. The third kappa shape index (κ3) is 3.12. The Hall–Kier alpha value is -0.730. The summed E-state index contributed by atoms with van der Waals surface area (Å²) in [5.74, 6) is 1.73. The smallest absolute Gasteiger partial charge is 0.220 e. The average molecular weight is 312 g/mol. The summed E-state index contributed by atoms with van der Waals surface area (Å²) in [5, 5.41) is 4.48. The molecule has 3 unspecified atom stereocenters. The van der Waals surface area contributed by atoms with Crippen molar-refractivity contribution < 1.29 is 4.79 Å².